The van der Waals surface area contributed by atoms with Crippen LogP contribution in [0.25, 0.3) is 0 Å². The molecule has 0 radical (unpaired) electrons. The molecule has 0 unspecified atom stereocenters. The highest BCUT2D eigenvalue weighted by Gasteiger charge is 2.37. The fourth-order valence-electron chi connectivity index (χ4n) is 4.54. The van der Waals surface area contributed by atoms with Gasteiger partial charge in [0.1, 0.15) is 5.69 Å². The second-order valence-corrected chi connectivity index (χ2v) is 9.60. The summed E-state index contributed by atoms with van der Waals surface area (Å²) >= 11 is 0. The predicted molar refractivity (Wildman–Crippen MR) is 114 cm³/mol. The molecule has 1 saturated heterocycles. The van der Waals surface area contributed by atoms with Crippen molar-refractivity contribution < 1.29 is 4.79 Å². The average Bonchev–Trinajstić information content (AvgIpc) is 2.67. The minimum atomic E-state index is -0.00727. The quantitative estimate of drug-likeness (QED) is 0.865. The summed E-state index contributed by atoms with van der Waals surface area (Å²) in [6.07, 6.45) is 3.37. The molecule has 0 saturated carbocycles. The van der Waals surface area contributed by atoms with Gasteiger partial charge in [0, 0.05) is 43.9 Å². The zero-order chi connectivity index (χ0) is 20.6. The molecule has 6 heteroatoms. The molecule has 154 valence electrons. The smallest absolute Gasteiger partial charge is 0.274 e. The predicted octanol–water partition coefficient (Wildman–Crippen LogP) is 3.24. The van der Waals surface area contributed by atoms with Crippen molar-refractivity contribution in [3.63, 3.8) is 0 Å². The number of anilines is 1. The number of likely N-dealkylation sites (tertiary alicyclic amines) is 1. The summed E-state index contributed by atoms with van der Waals surface area (Å²) in [5, 5.41) is 3.24. The fraction of sp³-hybridized carbons (Fsp3) is 0.522. The first-order chi connectivity index (χ1) is 13.8. The molecule has 1 fully saturated rings. The number of nitrogens with zero attached hydrogens (tertiary/aromatic N) is 3. The van der Waals surface area contributed by atoms with Crippen LogP contribution in [0.15, 0.2) is 41.3 Å². The number of carbonyl (C=O) groups excluding carboxylic acids is 1. The van der Waals surface area contributed by atoms with Gasteiger partial charge < -0.3 is 14.8 Å². The number of amides is 1. The Labute approximate surface area is 172 Å². The molecular formula is C23H30N4O2. The first-order valence-corrected chi connectivity index (χ1v) is 10.5. The number of piperidine rings is 1. The van der Waals surface area contributed by atoms with Crippen LogP contribution in [0, 0.1) is 11.3 Å². The second kappa shape index (κ2) is 7.65. The highest BCUT2D eigenvalue weighted by molar-refractivity contribution is 5.77. The van der Waals surface area contributed by atoms with E-state index >= 15 is 0 Å². The maximum absolute atomic E-state index is 13.1. The van der Waals surface area contributed by atoms with E-state index in [1.807, 2.05) is 33.7 Å². The van der Waals surface area contributed by atoms with Gasteiger partial charge in [0.25, 0.3) is 5.56 Å². The zero-order valence-corrected chi connectivity index (χ0v) is 17.5. The van der Waals surface area contributed by atoms with Crippen LogP contribution in [0.5, 0.6) is 0 Å². The molecule has 2 aromatic heterocycles. The molecule has 1 amide bonds. The first kappa shape index (κ1) is 19.7. The van der Waals surface area contributed by atoms with Crippen molar-refractivity contribution in [2.24, 2.45) is 11.3 Å². The Kier molecular flexibility index (Phi) is 5.19. The van der Waals surface area contributed by atoms with Crippen molar-refractivity contribution in [2.45, 2.75) is 52.6 Å². The van der Waals surface area contributed by atoms with Crippen molar-refractivity contribution in [3.05, 3.63) is 58.3 Å². The number of pyridine rings is 2. The first-order valence-electron chi connectivity index (χ1n) is 10.5. The molecule has 6 nitrogen and oxygen atoms in total. The third-order valence-corrected chi connectivity index (χ3v) is 5.82. The van der Waals surface area contributed by atoms with E-state index in [-0.39, 0.29) is 22.8 Å². The number of aromatic nitrogens is 2. The summed E-state index contributed by atoms with van der Waals surface area (Å²) < 4.78 is 1.92. The molecule has 0 aromatic carbocycles. The maximum atomic E-state index is 13.1. The van der Waals surface area contributed by atoms with E-state index < -0.39 is 0 Å². The lowest BCUT2D eigenvalue weighted by atomic mass is 9.82. The summed E-state index contributed by atoms with van der Waals surface area (Å²) in [6, 6.07) is 9.70. The highest BCUT2D eigenvalue weighted by atomic mass is 16.2. The minimum absolute atomic E-state index is 0.00727. The zero-order valence-electron chi connectivity index (χ0n) is 17.5. The topological polar surface area (TPSA) is 67.2 Å². The highest BCUT2D eigenvalue weighted by Crippen LogP contribution is 2.36. The van der Waals surface area contributed by atoms with Crippen LogP contribution in [0.3, 0.4) is 0 Å². The Bertz CT molecular complexity index is 946. The van der Waals surface area contributed by atoms with Crippen LogP contribution in [0.4, 0.5) is 5.69 Å². The Balaban J connectivity index is 1.51. The minimum Gasteiger partial charge on any atom is -0.375 e. The van der Waals surface area contributed by atoms with Crippen LogP contribution in [-0.2, 0) is 17.9 Å². The summed E-state index contributed by atoms with van der Waals surface area (Å²) in [6.45, 7) is 8.98. The van der Waals surface area contributed by atoms with Crippen LogP contribution >= 0.6 is 0 Å². The van der Waals surface area contributed by atoms with E-state index in [0.717, 1.165) is 24.4 Å². The van der Waals surface area contributed by atoms with Crippen LogP contribution in [0.2, 0.25) is 0 Å². The molecule has 0 spiro atoms. The van der Waals surface area contributed by atoms with Gasteiger partial charge in [-0.1, -0.05) is 26.8 Å². The molecule has 29 heavy (non-hydrogen) atoms. The van der Waals surface area contributed by atoms with Gasteiger partial charge in [-0.05, 0) is 42.0 Å². The number of rotatable bonds is 4. The Morgan fingerprint density at radius 3 is 2.72 bits per heavy atom. The van der Waals surface area contributed by atoms with E-state index in [9.17, 15) is 9.59 Å². The summed E-state index contributed by atoms with van der Waals surface area (Å²) in [7, 11) is 0. The monoisotopic (exact) mass is 394 g/mol. The maximum Gasteiger partial charge on any atom is 0.274 e. The molecule has 2 aromatic rings. The van der Waals surface area contributed by atoms with Crippen molar-refractivity contribution in [1.29, 1.82) is 0 Å². The van der Waals surface area contributed by atoms with Crippen LogP contribution < -0.4 is 10.9 Å². The van der Waals surface area contributed by atoms with Crippen LogP contribution in [-0.4, -0.2) is 33.4 Å². The van der Waals surface area contributed by atoms with Gasteiger partial charge in [0.2, 0.25) is 5.91 Å². The number of hydrogen-bond donors (Lipinski definition) is 1. The van der Waals surface area contributed by atoms with Gasteiger partial charge in [-0.3, -0.25) is 14.6 Å². The third-order valence-electron chi connectivity index (χ3n) is 5.82. The molecule has 1 N–H and O–H groups in total. The average molecular weight is 395 g/mol. The lowest BCUT2D eigenvalue weighted by Crippen LogP contribution is -2.49. The molecule has 2 atom stereocenters. The molecule has 0 aliphatic carbocycles. The Morgan fingerprint density at radius 1 is 1.17 bits per heavy atom. The molecule has 4 heterocycles. The van der Waals surface area contributed by atoms with Gasteiger partial charge in [-0.2, -0.15) is 0 Å². The van der Waals surface area contributed by atoms with Crippen molar-refractivity contribution >= 4 is 11.6 Å². The van der Waals surface area contributed by atoms with Gasteiger partial charge in [-0.15, -0.1) is 0 Å². The molecule has 2 aliphatic heterocycles. The summed E-state index contributed by atoms with van der Waals surface area (Å²) in [5.74, 6) is 0.814. The van der Waals surface area contributed by atoms with Crippen molar-refractivity contribution in [2.75, 3.05) is 18.4 Å². The number of fused-ring (bicyclic) bond motifs is 4. The van der Waals surface area contributed by atoms with E-state index in [1.165, 1.54) is 0 Å². The van der Waals surface area contributed by atoms with E-state index in [4.69, 9.17) is 0 Å². The lowest BCUT2D eigenvalue weighted by molar-refractivity contribution is -0.135. The molecular weight excluding hydrogens is 364 g/mol. The Morgan fingerprint density at radius 2 is 2.00 bits per heavy atom. The molecule has 4 rings (SSSR count). The second-order valence-electron chi connectivity index (χ2n) is 9.60. The van der Waals surface area contributed by atoms with Crippen molar-refractivity contribution in [3.8, 4) is 0 Å². The summed E-state index contributed by atoms with van der Waals surface area (Å²) in [5.41, 5.74) is 2.59. The van der Waals surface area contributed by atoms with Gasteiger partial charge in [0.15, 0.2) is 0 Å². The molecule has 2 bridgehead atoms. The van der Waals surface area contributed by atoms with Gasteiger partial charge in [0.05, 0.1) is 12.2 Å². The SMILES string of the molecule is CC(C)(C)CC(=O)N1C[C@@H]2C[C@H](C1)c1ccc(NCc3ccccn3)c(=O)n1C2. The van der Waals surface area contributed by atoms with Crippen molar-refractivity contribution in [1.82, 2.24) is 14.5 Å². The number of carbonyl (C=O) groups is 1. The number of nitrogens with one attached hydrogen (secondary N) is 1. The summed E-state index contributed by atoms with van der Waals surface area (Å²) in [4.78, 5) is 32.1. The van der Waals surface area contributed by atoms with E-state index in [2.05, 4.69) is 37.1 Å². The van der Waals surface area contributed by atoms with Gasteiger partial charge >= 0.3 is 0 Å². The lowest BCUT2D eigenvalue weighted by Gasteiger charge is -2.43. The Hall–Kier alpha value is -2.63. The third kappa shape index (κ3) is 4.36. The number of hydrogen-bond acceptors (Lipinski definition) is 4. The molecule has 2 aliphatic rings. The largest absolute Gasteiger partial charge is 0.375 e. The van der Waals surface area contributed by atoms with E-state index in [1.54, 1.807) is 6.20 Å². The van der Waals surface area contributed by atoms with Crippen LogP contribution in [0.1, 0.15) is 50.9 Å². The standard InChI is InChI=1S/C23H30N4O2/c1-23(2,3)11-21(28)26-13-16-10-17(15-26)20-8-7-19(22(29)27(20)14-16)25-12-18-6-4-5-9-24-18/h4-9,16-17,25H,10-15H2,1-3H3/t16-,17+/m0/s1. The van der Waals surface area contributed by atoms with Gasteiger partial charge in [-0.25, -0.2) is 0 Å². The fourth-order valence-corrected chi connectivity index (χ4v) is 4.54. The normalized spacial score (nSPS) is 20.9. The van der Waals surface area contributed by atoms with E-state index in [0.29, 0.717) is 37.7 Å².